The molecule has 0 fully saturated rings. The molecule has 0 bridgehead atoms. The highest BCUT2D eigenvalue weighted by molar-refractivity contribution is 7.89. The maximum absolute atomic E-state index is 12.6. The second kappa shape index (κ2) is 10.7. The van der Waals surface area contributed by atoms with Crippen LogP contribution in [0.3, 0.4) is 0 Å². The average Bonchev–Trinajstić information content (AvgIpc) is 3.12. The summed E-state index contributed by atoms with van der Waals surface area (Å²) in [6.07, 6.45) is 2.04. The molecule has 0 saturated heterocycles. The number of ether oxygens (including phenoxy) is 1. The Hall–Kier alpha value is -3.45. The number of aryl methyl sites for hydroxylation is 1. The van der Waals surface area contributed by atoms with E-state index in [2.05, 4.69) is 19.7 Å². The van der Waals surface area contributed by atoms with Crippen molar-refractivity contribution in [3.63, 3.8) is 0 Å². The number of nitrogens with one attached hydrogen (secondary N) is 2. The minimum absolute atomic E-state index is 0.0308. The van der Waals surface area contributed by atoms with Crippen molar-refractivity contribution in [1.82, 2.24) is 24.2 Å². The number of carboxylic acids is 1. The van der Waals surface area contributed by atoms with E-state index in [9.17, 15) is 18.0 Å². The lowest BCUT2D eigenvalue weighted by Crippen LogP contribution is -2.27. The van der Waals surface area contributed by atoms with Gasteiger partial charge in [-0.15, -0.1) is 0 Å². The van der Waals surface area contributed by atoms with E-state index >= 15 is 0 Å². The number of anilines is 1. The third-order valence-electron chi connectivity index (χ3n) is 5.25. The smallest absolute Gasteiger partial charge is 0.327 e. The van der Waals surface area contributed by atoms with Crippen LogP contribution in [0.1, 0.15) is 44.6 Å². The van der Waals surface area contributed by atoms with E-state index in [0.717, 1.165) is 12.8 Å². The number of nitrogen functional groups attached to an aromatic ring is 1. The Morgan fingerprint density at radius 2 is 2.09 bits per heavy atom. The van der Waals surface area contributed by atoms with Crippen LogP contribution in [0, 0.1) is 0 Å². The van der Waals surface area contributed by atoms with Crippen LogP contribution in [0.5, 0.6) is 6.01 Å². The van der Waals surface area contributed by atoms with E-state index in [0.29, 0.717) is 12.2 Å². The van der Waals surface area contributed by atoms with E-state index < -0.39 is 27.6 Å². The van der Waals surface area contributed by atoms with Gasteiger partial charge in [-0.25, -0.2) is 17.9 Å². The fourth-order valence-corrected chi connectivity index (χ4v) is 4.36. The zero-order chi connectivity index (χ0) is 24.9. The van der Waals surface area contributed by atoms with Gasteiger partial charge in [0, 0.05) is 13.1 Å². The van der Waals surface area contributed by atoms with Gasteiger partial charge in [0.25, 0.3) is 0 Å². The van der Waals surface area contributed by atoms with E-state index in [1.165, 1.54) is 29.7 Å². The molecular formula is C21H28N6O6S. The number of fused-ring (bicyclic) bond motifs is 1. The lowest BCUT2D eigenvalue weighted by molar-refractivity contribution is -0.138. The van der Waals surface area contributed by atoms with Crippen molar-refractivity contribution >= 4 is 33.0 Å². The fourth-order valence-electron chi connectivity index (χ4n) is 3.23. The van der Waals surface area contributed by atoms with Gasteiger partial charge in [-0.1, -0.05) is 25.5 Å². The first kappa shape index (κ1) is 25.2. The summed E-state index contributed by atoms with van der Waals surface area (Å²) in [5.74, 6) is -1.80. The molecule has 2 heterocycles. The zero-order valence-corrected chi connectivity index (χ0v) is 19.8. The van der Waals surface area contributed by atoms with Gasteiger partial charge in [-0.05, 0) is 37.5 Å². The third kappa shape index (κ3) is 5.72. The highest BCUT2D eigenvalue weighted by atomic mass is 32.2. The number of hydrogen-bond acceptors (Lipinski definition) is 8. The molecule has 1 unspecified atom stereocenters. The molecule has 13 heteroatoms. The lowest BCUT2D eigenvalue weighted by Gasteiger charge is -2.11. The number of nitrogens with zero attached hydrogens (tertiary/aromatic N) is 3. The zero-order valence-electron chi connectivity index (χ0n) is 18.9. The molecule has 0 spiro atoms. The molecule has 0 aliphatic heterocycles. The Kier molecular flexibility index (Phi) is 7.89. The SMILES string of the molecule is CCCCOc1nc(N)c2[nH]c(=O)n(CCCNS(=O)(=O)c3cccc(C(C)C(=O)O)c3)c2n1. The molecule has 5 N–H and O–H groups in total. The Bertz CT molecular complexity index is 1330. The number of sulfonamides is 1. The highest BCUT2D eigenvalue weighted by Crippen LogP contribution is 2.20. The Morgan fingerprint density at radius 3 is 2.79 bits per heavy atom. The van der Waals surface area contributed by atoms with Crippen LogP contribution in [-0.2, 0) is 21.4 Å². The van der Waals surface area contributed by atoms with E-state index in [-0.39, 0.29) is 47.4 Å². The number of rotatable bonds is 12. The van der Waals surface area contributed by atoms with Crippen LogP contribution in [0.25, 0.3) is 11.2 Å². The summed E-state index contributed by atoms with van der Waals surface area (Å²) in [4.78, 5) is 34.5. The Morgan fingerprint density at radius 1 is 1.32 bits per heavy atom. The molecule has 3 aromatic rings. The summed E-state index contributed by atoms with van der Waals surface area (Å²) in [5.41, 5.74) is 6.44. The van der Waals surface area contributed by atoms with Gasteiger partial charge >= 0.3 is 17.7 Å². The molecule has 0 aliphatic carbocycles. The number of nitrogens with two attached hydrogens (primary N) is 1. The second-order valence-electron chi connectivity index (χ2n) is 7.76. The summed E-state index contributed by atoms with van der Waals surface area (Å²) < 4.78 is 34.6. The summed E-state index contributed by atoms with van der Waals surface area (Å²) >= 11 is 0. The minimum atomic E-state index is -3.87. The van der Waals surface area contributed by atoms with E-state index in [4.69, 9.17) is 15.6 Å². The van der Waals surface area contributed by atoms with Gasteiger partial charge in [-0.2, -0.15) is 9.97 Å². The van der Waals surface area contributed by atoms with Crippen LogP contribution in [-0.4, -0.2) is 52.2 Å². The Labute approximate surface area is 196 Å². The topological polar surface area (TPSA) is 182 Å². The first-order chi connectivity index (χ1) is 16.1. The fraction of sp³-hybridized carbons (Fsp3) is 0.429. The van der Waals surface area contributed by atoms with Crippen molar-refractivity contribution in [1.29, 1.82) is 0 Å². The predicted molar refractivity (Wildman–Crippen MR) is 125 cm³/mol. The van der Waals surface area contributed by atoms with Gasteiger partial charge < -0.3 is 20.6 Å². The van der Waals surface area contributed by atoms with Crippen molar-refractivity contribution in [2.24, 2.45) is 0 Å². The average molecular weight is 493 g/mol. The van der Waals surface area contributed by atoms with Gasteiger partial charge in [0.05, 0.1) is 17.4 Å². The van der Waals surface area contributed by atoms with E-state index in [1.54, 1.807) is 6.07 Å². The lowest BCUT2D eigenvalue weighted by atomic mass is 10.0. The van der Waals surface area contributed by atoms with Gasteiger partial charge in [0.1, 0.15) is 5.52 Å². The van der Waals surface area contributed by atoms with Gasteiger partial charge in [0.2, 0.25) is 10.0 Å². The quantitative estimate of drug-likeness (QED) is 0.272. The monoisotopic (exact) mass is 492 g/mol. The highest BCUT2D eigenvalue weighted by Gasteiger charge is 2.19. The van der Waals surface area contributed by atoms with Crippen LogP contribution in [0.4, 0.5) is 5.82 Å². The van der Waals surface area contributed by atoms with Crippen LogP contribution >= 0.6 is 0 Å². The first-order valence-electron chi connectivity index (χ1n) is 10.8. The van der Waals surface area contributed by atoms with Crippen molar-refractivity contribution in [2.75, 3.05) is 18.9 Å². The number of aromatic amines is 1. The maximum Gasteiger partial charge on any atom is 0.327 e. The largest absolute Gasteiger partial charge is 0.481 e. The number of aromatic nitrogens is 4. The number of aliphatic carboxylic acids is 1. The molecule has 12 nitrogen and oxygen atoms in total. The normalized spacial score (nSPS) is 12.6. The molecule has 1 atom stereocenters. The number of carboxylic acid groups (broad SMARTS) is 1. The number of imidazole rings is 1. The number of benzene rings is 1. The summed E-state index contributed by atoms with van der Waals surface area (Å²) in [7, 11) is -3.87. The van der Waals surface area contributed by atoms with E-state index in [1.807, 2.05) is 6.92 Å². The van der Waals surface area contributed by atoms with Crippen molar-refractivity contribution in [3.05, 3.63) is 40.3 Å². The molecule has 3 rings (SSSR count). The summed E-state index contributed by atoms with van der Waals surface area (Å²) in [6.45, 7) is 4.14. The molecule has 0 saturated carbocycles. The number of unbranched alkanes of at least 4 members (excludes halogenated alkanes) is 1. The number of hydrogen-bond donors (Lipinski definition) is 4. The standard InChI is InChI=1S/C21H28N6O6S/c1-3-4-11-33-20-25-17(22)16-18(26-20)27(21(30)24-16)10-6-9-23-34(31,32)15-8-5-7-14(12-15)13(2)19(28)29/h5,7-8,12-13,23H,3-4,6,9-11H2,1-2H3,(H,24,30)(H,28,29)(H2,22,25,26). The molecule has 0 radical (unpaired) electrons. The second-order valence-corrected chi connectivity index (χ2v) is 9.52. The number of carbonyl (C=O) groups is 1. The molecule has 0 amide bonds. The molecule has 1 aromatic carbocycles. The molecule has 0 aliphatic rings. The molecule has 184 valence electrons. The van der Waals surface area contributed by atoms with Crippen molar-refractivity contribution in [2.45, 2.75) is 50.5 Å². The molecule has 2 aromatic heterocycles. The summed E-state index contributed by atoms with van der Waals surface area (Å²) in [5, 5.41) is 9.16. The predicted octanol–water partition coefficient (Wildman–Crippen LogP) is 1.44. The third-order valence-corrected chi connectivity index (χ3v) is 6.71. The molecule has 34 heavy (non-hydrogen) atoms. The molecular weight excluding hydrogens is 464 g/mol. The maximum atomic E-state index is 12.6. The number of H-pyrrole nitrogens is 1. The Balaban J connectivity index is 1.69. The van der Waals surface area contributed by atoms with Gasteiger partial charge in [0.15, 0.2) is 11.5 Å². The summed E-state index contributed by atoms with van der Waals surface area (Å²) in [6, 6.07) is 5.87. The first-order valence-corrected chi connectivity index (χ1v) is 12.3. The van der Waals surface area contributed by atoms with Crippen LogP contribution in [0.15, 0.2) is 34.0 Å². The van der Waals surface area contributed by atoms with Crippen LogP contribution < -0.4 is 20.9 Å². The minimum Gasteiger partial charge on any atom is -0.481 e. The van der Waals surface area contributed by atoms with Gasteiger partial charge in [-0.3, -0.25) is 9.36 Å². The van der Waals surface area contributed by atoms with Crippen LogP contribution in [0.2, 0.25) is 0 Å². The van der Waals surface area contributed by atoms with Crippen molar-refractivity contribution < 1.29 is 23.1 Å². The van der Waals surface area contributed by atoms with Crippen molar-refractivity contribution in [3.8, 4) is 6.01 Å².